The zero-order chi connectivity index (χ0) is 18.9. The maximum atomic E-state index is 10.0. The van der Waals surface area contributed by atoms with Crippen molar-refractivity contribution in [1.29, 1.82) is 0 Å². The molecule has 0 saturated heterocycles. The molecule has 0 aromatic carbocycles. The second-order valence-electron chi connectivity index (χ2n) is 8.13. The van der Waals surface area contributed by atoms with Gasteiger partial charge in [-0.15, -0.1) is 0 Å². The molecule has 0 radical (unpaired) electrons. The van der Waals surface area contributed by atoms with E-state index in [2.05, 4.69) is 24.9 Å². The van der Waals surface area contributed by atoms with Gasteiger partial charge in [-0.3, -0.25) is 0 Å². The van der Waals surface area contributed by atoms with E-state index in [0.29, 0.717) is 0 Å². The summed E-state index contributed by atoms with van der Waals surface area (Å²) in [6.45, 7) is 6.40. The lowest BCUT2D eigenvalue weighted by Crippen LogP contribution is -2.34. The van der Waals surface area contributed by atoms with Crippen molar-refractivity contribution >= 4 is 0 Å². The third kappa shape index (κ3) is 11.8. The average Bonchev–Trinajstić information content (AvgIpc) is 3.11. The molecule has 0 fully saturated rings. The number of aliphatic hydroxyl groups is 1. The van der Waals surface area contributed by atoms with E-state index in [0.717, 1.165) is 26.1 Å². The molecule has 1 N–H and O–H groups in total. The van der Waals surface area contributed by atoms with E-state index >= 15 is 0 Å². The van der Waals surface area contributed by atoms with Crippen molar-refractivity contribution in [2.45, 2.75) is 123 Å². The van der Waals surface area contributed by atoms with E-state index in [1.807, 2.05) is 11.1 Å². The SMILES string of the molecule is CCCCCCCCCCCCCCCCN1C=CN(C(O)CCC)C1. The summed E-state index contributed by atoms with van der Waals surface area (Å²) in [5.74, 6) is 0. The van der Waals surface area contributed by atoms with Crippen LogP contribution in [0.15, 0.2) is 12.4 Å². The fourth-order valence-corrected chi connectivity index (χ4v) is 3.76. The van der Waals surface area contributed by atoms with Gasteiger partial charge in [0, 0.05) is 18.9 Å². The summed E-state index contributed by atoms with van der Waals surface area (Å²) < 4.78 is 0. The van der Waals surface area contributed by atoms with Gasteiger partial charge in [0.1, 0.15) is 6.23 Å². The summed E-state index contributed by atoms with van der Waals surface area (Å²) >= 11 is 0. The van der Waals surface area contributed by atoms with E-state index in [9.17, 15) is 5.11 Å². The van der Waals surface area contributed by atoms with Gasteiger partial charge in [0.05, 0.1) is 6.67 Å². The van der Waals surface area contributed by atoms with Crippen LogP contribution in [0.3, 0.4) is 0 Å². The molecular formula is C23H46N2O. The Balaban J connectivity index is 1.80. The van der Waals surface area contributed by atoms with E-state index < -0.39 is 0 Å². The standard InChI is InChI=1S/C23H46N2O/c1-3-5-6-7-8-9-10-11-12-13-14-15-16-17-19-24-20-21-25(22-24)23(26)18-4-2/h20-21,23,26H,3-19,22H2,1-2H3. The third-order valence-electron chi connectivity index (χ3n) is 5.54. The van der Waals surface area contributed by atoms with Crippen LogP contribution in [0.4, 0.5) is 0 Å². The maximum absolute atomic E-state index is 10.0. The minimum atomic E-state index is -0.308. The van der Waals surface area contributed by atoms with Crippen LogP contribution < -0.4 is 0 Å². The zero-order valence-electron chi connectivity index (χ0n) is 17.8. The monoisotopic (exact) mass is 366 g/mol. The Morgan fingerprint density at radius 3 is 1.69 bits per heavy atom. The molecule has 0 aliphatic carbocycles. The first kappa shape index (κ1) is 23.3. The summed E-state index contributed by atoms with van der Waals surface area (Å²) in [6, 6.07) is 0. The van der Waals surface area contributed by atoms with Gasteiger partial charge >= 0.3 is 0 Å². The largest absolute Gasteiger partial charge is 0.374 e. The molecule has 0 aromatic rings. The molecule has 0 aromatic heterocycles. The first-order valence-electron chi connectivity index (χ1n) is 11.6. The third-order valence-corrected chi connectivity index (χ3v) is 5.54. The second kappa shape index (κ2) is 16.5. The molecule has 0 bridgehead atoms. The molecule has 26 heavy (non-hydrogen) atoms. The lowest BCUT2D eigenvalue weighted by atomic mass is 10.0. The number of rotatable bonds is 18. The molecule has 3 heteroatoms. The summed E-state index contributed by atoms with van der Waals surface area (Å²) in [5.41, 5.74) is 0. The molecule has 3 nitrogen and oxygen atoms in total. The molecule has 0 spiro atoms. The Morgan fingerprint density at radius 1 is 0.692 bits per heavy atom. The highest BCUT2D eigenvalue weighted by molar-refractivity contribution is 4.91. The normalized spacial score (nSPS) is 15.2. The minimum Gasteiger partial charge on any atom is -0.374 e. The van der Waals surface area contributed by atoms with Crippen LogP contribution in [-0.2, 0) is 0 Å². The van der Waals surface area contributed by atoms with Crippen molar-refractivity contribution in [3.63, 3.8) is 0 Å². The highest BCUT2D eigenvalue weighted by Gasteiger charge is 2.17. The van der Waals surface area contributed by atoms with Gasteiger partial charge in [-0.2, -0.15) is 0 Å². The topological polar surface area (TPSA) is 26.7 Å². The molecular weight excluding hydrogens is 320 g/mol. The fourth-order valence-electron chi connectivity index (χ4n) is 3.76. The first-order chi connectivity index (χ1) is 12.8. The second-order valence-corrected chi connectivity index (χ2v) is 8.13. The van der Waals surface area contributed by atoms with Crippen LogP contribution in [0.1, 0.15) is 117 Å². The Labute approximate surface area is 163 Å². The van der Waals surface area contributed by atoms with E-state index in [4.69, 9.17) is 0 Å². The van der Waals surface area contributed by atoms with Gasteiger partial charge in [0.25, 0.3) is 0 Å². The first-order valence-corrected chi connectivity index (χ1v) is 11.6. The zero-order valence-corrected chi connectivity index (χ0v) is 17.8. The molecule has 154 valence electrons. The van der Waals surface area contributed by atoms with E-state index in [1.165, 1.54) is 89.9 Å². The number of unbranched alkanes of at least 4 members (excludes halogenated alkanes) is 13. The van der Waals surface area contributed by atoms with E-state index in [-0.39, 0.29) is 6.23 Å². The number of hydrogen-bond acceptors (Lipinski definition) is 3. The van der Waals surface area contributed by atoms with Crippen molar-refractivity contribution in [2.75, 3.05) is 13.2 Å². The van der Waals surface area contributed by atoms with Crippen molar-refractivity contribution in [3.05, 3.63) is 12.4 Å². The molecule has 1 unspecified atom stereocenters. The Bertz CT molecular complexity index is 332. The lowest BCUT2D eigenvalue weighted by Gasteiger charge is -2.25. The van der Waals surface area contributed by atoms with Crippen LogP contribution in [0.5, 0.6) is 0 Å². The number of nitrogens with zero attached hydrogens (tertiary/aromatic N) is 2. The van der Waals surface area contributed by atoms with Gasteiger partial charge in [0.2, 0.25) is 0 Å². The molecule has 0 saturated carbocycles. The van der Waals surface area contributed by atoms with Gasteiger partial charge in [-0.05, 0) is 12.8 Å². The smallest absolute Gasteiger partial charge is 0.127 e. The van der Waals surface area contributed by atoms with Crippen LogP contribution in [0, 0.1) is 0 Å². The Hall–Kier alpha value is -0.700. The minimum absolute atomic E-state index is 0.308. The molecule has 1 rings (SSSR count). The Kier molecular flexibility index (Phi) is 14.8. The quantitative estimate of drug-likeness (QED) is 0.276. The predicted octanol–water partition coefficient (Wildman–Crippen LogP) is 6.63. The predicted molar refractivity (Wildman–Crippen MR) is 114 cm³/mol. The van der Waals surface area contributed by atoms with E-state index in [1.54, 1.807) is 0 Å². The van der Waals surface area contributed by atoms with Crippen LogP contribution >= 0.6 is 0 Å². The van der Waals surface area contributed by atoms with Crippen molar-refractivity contribution < 1.29 is 5.11 Å². The van der Waals surface area contributed by atoms with Crippen LogP contribution in [-0.4, -0.2) is 34.3 Å². The van der Waals surface area contributed by atoms with Crippen molar-refractivity contribution in [3.8, 4) is 0 Å². The van der Waals surface area contributed by atoms with Gasteiger partial charge < -0.3 is 14.9 Å². The van der Waals surface area contributed by atoms with Gasteiger partial charge in [-0.1, -0.05) is 104 Å². The molecule has 1 aliphatic heterocycles. The van der Waals surface area contributed by atoms with Crippen molar-refractivity contribution in [2.24, 2.45) is 0 Å². The molecule has 1 aliphatic rings. The number of aliphatic hydroxyl groups excluding tert-OH is 1. The summed E-state index contributed by atoms with van der Waals surface area (Å²) in [7, 11) is 0. The summed E-state index contributed by atoms with van der Waals surface area (Å²) in [4.78, 5) is 4.38. The van der Waals surface area contributed by atoms with Crippen molar-refractivity contribution in [1.82, 2.24) is 9.80 Å². The summed E-state index contributed by atoms with van der Waals surface area (Å²) in [6.07, 6.45) is 25.5. The fraction of sp³-hybridized carbons (Fsp3) is 0.913. The van der Waals surface area contributed by atoms with Gasteiger partial charge in [0.15, 0.2) is 0 Å². The molecule has 1 atom stereocenters. The number of hydrogen-bond donors (Lipinski definition) is 1. The van der Waals surface area contributed by atoms with Crippen LogP contribution in [0.25, 0.3) is 0 Å². The van der Waals surface area contributed by atoms with Crippen LogP contribution in [0.2, 0.25) is 0 Å². The molecule has 1 heterocycles. The molecule has 0 amide bonds. The highest BCUT2D eigenvalue weighted by Crippen LogP contribution is 2.15. The van der Waals surface area contributed by atoms with Gasteiger partial charge in [-0.25, -0.2) is 0 Å². The average molecular weight is 367 g/mol. The summed E-state index contributed by atoms with van der Waals surface area (Å²) in [5, 5.41) is 10.0. The maximum Gasteiger partial charge on any atom is 0.127 e. The lowest BCUT2D eigenvalue weighted by molar-refractivity contribution is 0.0186. The highest BCUT2D eigenvalue weighted by atomic mass is 16.3. The Morgan fingerprint density at radius 2 is 1.19 bits per heavy atom.